The number of hydrogen-bond acceptors (Lipinski definition) is 5. The van der Waals surface area contributed by atoms with Crippen molar-refractivity contribution < 1.29 is 9.53 Å². The van der Waals surface area contributed by atoms with E-state index < -0.39 is 0 Å². The molecule has 0 spiro atoms. The number of amides is 1. The SMILES string of the molecule is O=C(NCc1cccs1)c1ccc(OC2CCN(Cc3ccccn3)CC2)cc1. The molecule has 2 aromatic heterocycles. The number of carbonyl (C=O) groups is 1. The van der Waals surface area contributed by atoms with Gasteiger partial charge in [0.2, 0.25) is 0 Å². The molecule has 1 amide bonds. The lowest BCUT2D eigenvalue weighted by Crippen LogP contribution is -2.37. The zero-order valence-electron chi connectivity index (χ0n) is 16.3. The average Bonchev–Trinajstić information content (AvgIpc) is 3.28. The highest BCUT2D eigenvalue weighted by Gasteiger charge is 2.21. The molecule has 0 bridgehead atoms. The molecule has 0 aliphatic carbocycles. The van der Waals surface area contributed by atoms with Gasteiger partial charge in [-0.2, -0.15) is 0 Å². The van der Waals surface area contributed by atoms with Crippen LogP contribution < -0.4 is 10.1 Å². The molecule has 1 aliphatic rings. The largest absolute Gasteiger partial charge is 0.490 e. The van der Waals surface area contributed by atoms with E-state index in [4.69, 9.17) is 4.74 Å². The number of carbonyl (C=O) groups excluding carboxylic acids is 1. The van der Waals surface area contributed by atoms with E-state index in [1.165, 1.54) is 0 Å². The lowest BCUT2D eigenvalue weighted by atomic mass is 10.1. The summed E-state index contributed by atoms with van der Waals surface area (Å²) in [5.41, 5.74) is 1.76. The fraction of sp³-hybridized carbons (Fsp3) is 0.304. The minimum absolute atomic E-state index is 0.0622. The topological polar surface area (TPSA) is 54.5 Å². The molecule has 29 heavy (non-hydrogen) atoms. The summed E-state index contributed by atoms with van der Waals surface area (Å²) in [5.74, 6) is 0.760. The Morgan fingerprint density at radius 3 is 2.62 bits per heavy atom. The van der Waals surface area contributed by atoms with Crippen molar-refractivity contribution in [1.29, 1.82) is 0 Å². The Morgan fingerprint density at radius 1 is 1.10 bits per heavy atom. The van der Waals surface area contributed by atoms with Gasteiger partial charge in [-0.1, -0.05) is 12.1 Å². The molecule has 0 saturated carbocycles. The molecule has 0 radical (unpaired) electrons. The zero-order chi connectivity index (χ0) is 19.9. The summed E-state index contributed by atoms with van der Waals surface area (Å²) in [4.78, 5) is 20.2. The number of nitrogens with zero attached hydrogens (tertiary/aromatic N) is 2. The summed E-state index contributed by atoms with van der Waals surface area (Å²) in [5, 5.41) is 4.96. The Morgan fingerprint density at radius 2 is 1.93 bits per heavy atom. The molecular weight excluding hydrogens is 382 g/mol. The Hall–Kier alpha value is -2.70. The quantitative estimate of drug-likeness (QED) is 0.640. The number of benzene rings is 1. The third kappa shape index (κ3) is 5.65. The van der Waals surface area contributed by atoms with Crippen LogP contribution in [0.3, 0.4) is 0 Å². The summed E-state index contributed by atoms with van der Waals surface area (Å²) in [7, 11) is 0. The zero-order valence-corrected chi connectivity index (χ0v) is 17.1. The minimum atomic E-state index is -0.0622. The fourth-order valence-corrected chi connectivity index (χ4v) is 4.11. The van der Waals surface area contributed by atoms with Gasteiger partial charge in [-0.25, -0.2) is 0 Å². The molecule has 5 nitrogen and oxygen atoms in total. The van der Waals surface area contributed by atoms with Gasteiger partial charge in [0.1, 0.15) is 11.9 Å². The molecule has 4 rings (SSSR count). The van der Waals surface area contributed by atoms with Crippen molar-refractivity contribution >= 4 is 17.2 Å². The summed E-state index contributed by atoms with van der Waals surface area (Å²) in [6.45, 7) is 3.46. The normalized spacial score (nSPS) is 15.2. The summed E-state index contributed by atoms with van der Waals surface area (Å²) in [6.07, 6.45) is 4.05. The highest BCUT2D eigenvalue weighted by atomic mass is 32.1. The van der Waals surface area contributed by atoms with Gasteiger partial charge in [0.05, 0.1) is 12.2 Å². The van der Waals surface area contributed by atoms with Gasteiger partial charge < -0.3 is 10.1 Å². The second-order valence-electron chi connectivity index (χ2n) is 7.20. The number of thiophene rings is 1. The smallest absolute Gasteiger partial charge is 0.251 e. The van der Waals surface area contributed by atoms with E-state index in [0.29, 0.717) is 12.1 Å². The maximum absolute atomic E-state index is 12.3. The fourth-order valence-electron chi connectivity index (χ4n) is 3.47. The molecule has 1 N–H and O–H groups in total. The van der Waals surface area contributed by atoms with Gasteiger partial charge >= 0.3 is 0 Å². The first-order valence-corrected chi connectivity index (χ1v) is 10.8. The number of pyridine rings is 1. The second-order valence-corrected chi connectivity index (χ2v) is 8.23. The maximum Gasteiger partial charge on any atom is 0.251 e. The number of aromatic nitrogens is 1. The third-order valence-corrected chi connectivity index (χ3v) is 5.95. The van der Waals surface area contributed by atoms with Gasteiger partial charge in [0.15, 0.2) is 0 Å². The maximum atomic E-state index is 12.3. The first-order chi connectivity index (χ1) is 14.3. The Bertz CT molecular complexity index is 890. The second kappa shape index (κ2) is 9.67. The first-order valence-electron chi connectivity index (χ1n) is 9.96. The van der Waals surface area contributed by atoms with Crippen LogP contribution in [0, 0.1) is 0 Å². The van der Waals surface area contributed by atoms with E-state index in [1.807, 2.05) is 60.1 Å². The van der Waals surface area contributed by atoms with Crippen LogP contribution in [0.25, 0.3) is 0 Å². The number of ether oxygens (including phenoxy) is 1. The van der Waals surface area contributed by atoms with E-state index in [-0.39, 0.29) is 12.0 Å². The molecule has 0 unspecified atom stereocenters. The summed E-state index contributed by atoms with van der Waals surface area (Å²) >= 11 is 1.64. The van der Waals surface area contributed by atoms with Crippen molar-refractivity contribution in [1.82, 2.24) is 15.2 Å². The van der Waals surface area contributed by atoms with E-state index in [1.54, 1.807) is 11.3 Å². The standard InChI is InChI=1S/C23H25N3O2S/c27-23(25-16-22-5-3-15-29-22)18-6-8-20(9-7-18)28-21-10-13-26(14-11-21)17-19-4-1-2-12-24-19/h1-9,12,15,21H,10-11,13-14,16-17H2,(H,25,27). The van der Waals surface area contributed by atoms with Crippen LogP contribution in [-0.4, -0.2) is 35.0 Å². The highest BCUT2D eigenvalue weighted by Crippen LogP contribution is 2.20. The van der Waals surface area contributed by atoms with Crippen LogP contribution in [0.2, 0.25) is 0 Å². The third-order valence-electron chi connectivity index (χ3n) is 5.07. The molecule has 3 heterocycles. The molecule has 1 saturated heterocycles. The lowest BCUT2D eigenvalue weighted by molar-refractivity contribution is 0.0947. The highest BCUT2D eigenvalue weighted by molar-refractivity contribution is 7.09. The van der Waals surface area contributed by atoms with Crippen molar-refractivity contribution in [3.63, 3.8) is 0 Å². The summed E-state index contributed by atoms with van der Waals surface area (Å²) < 4.78 is 6.14. The molecule has 0 atom stereocenters. The van der Waals surface area contributed by atoms with Crippen LogP contribution >= 0.6 is 11.3 Å². The van der Waals surface area contributed by atoms with Crippen molar-refractivity contribution in [3.8, 4) is 5.75 Å². The van der Waals surface area contributed by atoms with Gasteiger partial charge in [-0.05, 0) is 60.7 Å². The minimum Gasteiger partial charge on any atom is -0.490 e. The van der Waals surface area contributed by atoms with Crippen LogP contribution in [0.5, 0.6) is 5.75 Å². The average molecular weight is 408 g/mol. The van der Waals surface area contributed by atoms with E-state index in [9.17, 15) is 4.79 Å². The van der Waals surface area contributed by atoms with Crippen LogP contribution in [0.15, 0.2) is 66.2 Å². The number of likely N-dealkylation sites (tertiary alicyclic amines) is 1. The van der Waals surface area contributed by atoms with Crippen LogP contribution in [0.4, 0.5) is 0 Å². The van der Waals surface area contributed by atoms with E-state index in [0.717, 1.165) is 48.8 Å². The van der Waals surface area contributed by atoms with Crippen LogP contribution in [-0.2, 0) is 13.1 Å². The van der Waals surface area contributed by atoms with Crippen molar-refractivity contribution in [2.75, 3.05) is 13.1 Å². The van der Waals surface area contributed by atoms with E-state index >= 15 is 0 Å². The number of nitrogens with one attached hydrogen (secondary N) is 1. The molecule has 150 valence electrons. The van der Waals surface area contributed by atoms with Gasteiger partial charge in [-0.3, -0.25) is 14.7 Å². The molecular formula is C23H25N3O2S. The lowest BCUT2D eigenvalue weighted by Gasteiger charge is -2.31. The molecule has 3 aromatic rings. The first kappa shape index (κ1) is 19.6. The van der Waals surface area contributed by atoms with Crippen LogP contribution in [0.1, 0.15) is 33.8 Å². The van der Waals surface area contributed by atoms with Gasteiger partial charge in [0, 0.05) is 36.3 Å². The molecule has 1 fully saturated rings. The van der Waals surface area contributed by atoms with Crippen molar-refractivity contribution in [2.24, 2.45) is 0 Å². The molecule has 1 aliphatic heterocycles. The monoisotopic (exact) mass is 407 g/mol. The molecule has 6 heteroatoms. The van der Waals surface area contributed by atoms with Gasteiger partial charge in [-0.15, -0.1) is 11.3 Å². The van der Waals surface area contributed by atoms with E-state index in [2.05, 4.69) is 21.3 Å². The Labute approximate surface area is 175 Å². The predicted octanol–water partition coefficient (Wildman–Crippen LogP) is 4.12. The summed E-state index contributed by atoms with van der Waals surface area (Å²) in [6, 6.07) is 17.5. The number of rotatable bonds is 7. The van der Waals surface area contributed by atoms with Crippen molar-refractivity contribution in [3.05, 3.63) is 82.3 Å². The number of piperidine rings is 1. The number of hydrogen-bond donors (Lipinski definition) is 1. The Balaban J connectivity index is 1.22. The Kier molecular flexibility index (Phi) is 6.54. The van der Waals surface area contributed by atoms with Gasteiger partial charge in [0.25, 0.3) is 5.91 Å². The predicted molar refractivity (Wildman–Crippen MR) is 115 cm³/mol. The van der Waals surface area contributed by atoms with Crippen molar-refractivity contribution in [2.45, 2.75) is 32.0 Å². The molecule has 1 aromatic carbocycles.